The number of aliphatic hydroxyl groups excluding tert-OH is 2. The van der Waals surface area contributed by atoms with Crippen LogP contribution in [0.25, 0.3) is 11.1 Å². The Morgan fingerprint density at radius 2 is 1.79 bits per heavy atom. The first kappa shape index (κ1) is 22.6. The normalized spacial score (nSPS) is 22.5. The topological polar surface area (TPSA) is 103 Å². The molecular formula is C27H29N3O4. The summed E-state index contributed by atoms with van der Waals surface area (Å²) >= 11 is 0. The van der Waals surface area contributed by atoms with Crippen LogP contribution in [0.15, 0.2) is 60.9 Å². The van der Waals surface area contributed by atoms with E-state index in [0.29, 0.717) is 24.8 Å². The van der Waals surface area contributed by atoms with E-state index >= 15 is 0 Å². The van der Waals surface area contributed by atoms with Crippen LogP contribution in [0.2, 0.25) is 0 Å². The van der Waals surface area contributed by atoms with Gasteiger partial charge >= 0.3 is 0 Å². The zero-order chi connectivity index (χ0) is 23.7. The minimum absolute atomic E-state index is 0.240. The van der Waals surface area contributed by atoms with Crippen LogP contribution >= 0.6 is 0 Å². The Hall–Kier alpha value is -3.15. The Labute approximate surface area is 199 Å². The van der Waals surface area contributed by atoms with Crippen LogP contribution in [-0.2, 0) is 4.74 Å². The first-order valence-electron chi connectivity index (χ1n) is 11.6. The predicted octanol–water partition coefficient (Wildman–Crippen LogP) is 2.83. The predicted molar refractivity (Wildman–Crippen MR) is 128 cm³/mol. The smallest absolute Gasteiger partial charge is 0.150 e. The van der Waals surface area contributed by atoms with Gasteiger partial charge in [0.2, 0.25) is 0 Å². The van der Waals surface area contributed by atoms with Gasteiger partial charge in [-0.3, -0.25) is 0 Å². The molecule has 3 aromatic rings. The maximum Gasteiger partial charge on any atom is 0.150 e. The van der Waals surface area contributed by atoms with E-state index in [2.05, 4.69) is 16.8 Å². The summed E-state index contributed by atoms with van der Waals surface area (Å²) in [5.74, 6) is 7.88. The van der Waals surface area contributed by atoms with Crippen molar-refractivity contribution in [2.24, 2.45) is 5.73 Å². The number of aliphatic hydroxyl groups is 2. The molecule has 0 spiro atoms. The summed E-state index contributed by atoms with van der Waals surface area (Å²) < 4.78 is 12.9. The fraction of sp³-hybridized carbons (Fsp3) is 0.370. The second-order valence-corrected chi connectivity index (χ2v) is 9.14. The molecule has 7 heteroatoms. The van der Waals surface area contributed by atoms with Gasteiger partial charge in [-0.2, -0.15) is 0 Å². The Balaban J connectivity index is 1.30. The highest BCUT2D eigenvalue weighted by atomic mass is 16.6. The Morgan fingerprint density at radius 3 is 2.38 bits per heavy atom. The highest BCUT2D eigenvalue weighted by Crippen LogP contribution is 2.43. The van der Waals surface area contributed by atoms with Gasteiger partial charge in [0.25, 0.3) is 0 Å². The van der Waals surface area contributed by atoms with E-state index in [1.807, 2.05) is 59.3 Å². The molecule has 0 radical (unpaired) electrons. The van der Waals surface area contributed by atoms with Crippen LogP contribution in [0.3, 0.4) is 0 Å². The summed E-state index contributed by atoms with van der Waals surface area (Å²) in [7, 11) is 0. The lowest BCUT2D eigenvalue weighted by Crippen LogP contribution is -2.34. The molecule has 176 valence electrons. The summed E-state index contributed by atoms with van der Waals surface area (Å²) in [6.45, 7) is 2.41. The van der Waals surface area contributed by atoms with E-state index in [1.165, 1.54) is 0 Å². The number of ether oxygens (including phenoxy) is 2. The van der Waals surface area contributed by atoms with E-state index in [-0.39, 0.29) is 17.7 Å². The Bertz CT molecular complexity index is 1190. The molecule has 1 aliphatic carbocycles. The molecule has 1 aliphatic heterocycles. The minimum Gasteiger partial charge on any atom is -0.485 e. The number of nitrogens with zero attached hydrogens (tertiary/aromatic N) is 2. The van der Waals surface area contributed by atoms with Gasteiger partial charge in [-0.25, -0.2) is 4.98 Å². The number of nitrogens with two attached hydrogens (primary N) is 1. The molecule has 1 saturated carbocycles. The van der Waals surface area contributed by atoms with Crippen molar-refractivity contribution in [1.82, 2.24) is 9.55 Å². The third kappa shape index (κ3) is 4.72. The number of benzene rings is 2. The summed E-state index contributed by atoms with van der Waals surface area (Å²) in [6.07, 6.45) is 3.71. The molecule has 7 nitrogen and oxygen atoms in total. The molecule has 2 aromatic carbocycles. The van der Waals surface area contributed by atoms with E-state index in [4.69, 9.17) is 15.2 Å². The zero-order valence-corrected chi connectivity index (χ0v) is 19.1. The van der Waals surface area contributed by atoms with Crippen molar-refractivity contribution in [3.63, 3.8) is 0 Å². The molecule has 1 saturated heterocycles. The van der Waals surface area contributed by atoms with Crippen LogP contribution in [0.1, 0.15) is 43.3 Å². The van der Waals surface area contributed by atoms with Gasteiger partial charge in [-0.15, -0.1) is 0 Å². The van der Waals surface area contributed by atoms with Gasteiger partial charge in [-0.05, 0) is 55.2 Å². The lowest BCUT2D eigenvalue weighted by atomic mass is 10.0. The molecule has 1 aromatic heterocycles. The van der Waals surface area contributed by atoms with Gasteiger partial charge < -0.3 is 30.0 Å². The van der Waals surface area contributed by atoms with Gasteiger partial charge in [0.05, 0.1) is 13.2 Å². The van der Waals surface area contributed by atoms with Crippen LogP contribution in [0, 0.1) is 11.8 Å². The number of hydrogen-bond donors (Lipinski definition) is 3. The average Bonchev–Trinajstić information content (AvgIpc) is 3.20. The number of imidazole rings is 1. The maximum absolute atomic E-state index is 10.1. The summed E-state index contributed by atoms with van der Waals surface area (Å²) in [6, 6.07) is 15.6. The SMILES string of the molecule is CC(O)c1nccn1C(C#Cc1ccc(-c2ccc(OC3COCC3O)cc2)cc1)C1(N)CC1. The monoisotopic (exact) mass is 459 g/mol. The lowest BCUT2D eigenvalue weighted by molar-refractivity contribution is 0.0733. The lowest BCUT2D eigenvalue weighted by Gasteiger charge is -2.22. The summed E-state index contributed by atoms with van der Waals surface area (Å²) in [4.78, 5) is 4.28. The van der Waals surface area contributed by atoms with Gasteiger partial charge in [0.15, 0.2) is 0 Å². The van der Waals surface area contributed by atoms with Crippen molar-refractivity contribution in [1.29, 1.82) is 0 Å². The summed E-state index contributed by atoms with van der Waals surface area (Å²) in [5, 5.41) is 19.9. The quantitative estimate of drug-likeness (QED) is 0.490. The molecule has 34 heavy (non-hydrogen) atoms. The fourth-order valence-corrected chi connectivity index (χ4v) is 4.21. The van der Waals surface area contributed by atoms with Gasteiger partial charge in [0.1, 0.15) is 35.9 Å². The van der Waals surface area contributed by atoms with Crippen LogP contribution < -0.4 is 10.5 Å². The van der Waals surface area contributed by atoms with Gasteiger partial charge in [0, 0.05) is 23.5 Å². The van der Waals surface area contributed by atoms with E-state index in [0.717, 1.165) is 29.5 Å². The number of aromatic nitrogens is 2. The highest BCUT2D eigenvalue weighted by molar-refractivity contribution is 5.65. The number of rotatable bonds is 6. The van der Waals surface area contributed by atoms with Crippen molar-refractivity contribution in [3.05, 3.63) is 72.3 Å². The highest BCUT2D eigenvalue weighted by Gasteiger charge is 2.47. The standard InChI is InChI=1S/C27H29N3O4/c1-18(31)26-29-14-15-30(26)25(27(28)12-13-27)11-4-19-2-5-20(6-3-19)21-7-9-22(10-8-21)34-24-17-33-16-23(24)32/h2-3,5-10,14-15,18,23-25,31-32H,12-13,16-17,28H2,1H3. The van der Waals surface area contributed by atoms with Crippen molar-refractivity contribution in [2.45, 2.75) is 49.7 Å². The molecule has 2 aliphatic rings. The Kier molecular flexibility index (Phi) is 6.15. The second-order valence-electron chi connectivity index (χ2n) is 9.14. The van der Waals surface area contributed by atoms with Gasteiger partial charge in [-0.1, -0.05) is 36.1 Å². The molecule has 4 atom stereocenters. The largest absolute Gasteiger partial charge is 0.485 e. The van der Waals surface area contributed by atoms with Crippen molar-refractivity contribution < 1.29 is 19.7 Å². The molecule has 0 amide bonds. The van der Waals surface area contributed by atoms with Crippen LogP contribution in [0.5, 0.6) is 5.75 Å². The molecule has 4 unspecified atom stereocenters. The molecule has 5 rings (SSSR count). The number of hydrogen-bond acceptors (Lipinski definition) is 6. The van der Waals surface area contributed by atoms with Crippen molar-refractivity contribution in [2.75, 3.05) is 13.2 Å². The molecular weight excluding hydrogens is 430 g/mol. The minimum atomic E-state index is -0.686. The first-order chi connectivity index (χ1) is 16.4. The first-order valence-corrected chi connectivity index (χ1v) is 11.6. The molecule has 2 fully saturated rings. The average molecular weight is 460 g/mol. The van der Waals surface area contributed by atoms with E-state index in [9.17, 15) is 10.2 Å². The maximum atomic E-state index is 10.1. The third-order valence-electron chi connectivity index (χ3n) is 6.44. The zero-order valence-electron chi connectivity index (χ0n) is 19.1. The molecule has 0 bridgehead atoms. The van der Waals surface area contributed by atoms with E-state index in [1.54, 1.807) is 13.1 Å². The van der Waals surface area contributed by atoms with Crippen LogP contribution in [0.4, 0.5) is 0 Å². The summed E-state index contributed by atoms with van der Waals surface area (Å²) in [5.41, 5.74) is 9.16. The fourth-order valence-electron chi connectivity index (χ4n) is 4.21. The van der Waals surface area contributed by atoms with Crippen molar-refractivity contribution >= 4 is 0 Å². The Morgan fingerprint density at radius 1 is 1.12 bits per heavy atom. The van der Waals surface area contributed by atoms with Crippen LogP contribution in [-0.4, -0.2) is 50.7 Å². The second kappa shape index (κ2) is 9.24. The van der Waals surface area contributed by atoms with Crippen molar-refractivity contribution in [3.8, 4) is 28.7 Å². The molecule has 4 N–H and O–H groups in total. The van der Waals surface area contributed by atoms with E-state index < -0.39 is 12.2 Å². The third-order valence-corrected chi connectivity index (χ3v) is 6.44. The molecule has 2 heterocycles.